The largest absolute Gasteiger partial charge is 0.393 e. The van der Waals surface area contributed by atoms with Gasteiger partial charge in [-0.3, -0.25) is 4.79 Å². The lowest BCUT2D eigenvalue weighted by atomic mass is 9.75. The van der Waals surface area contributed by atoms with E-state index in [0.717, 1.165) is 38.7 Å². The molecule has 1 N–H and O–H groups in total. The molecule has 0 aromatic heterocycles. The van der Waals surface area contributed by atoms with Crippen LogP contribution in [0.1, 0.15) is 45.4 Å². The van der Waals surface area contributed by atoms with Crippen molar-refractivity contribution in [2.75, 3.05) is 6.61 Å². The molecule has 3 fully saturated rings. The fourth-order valence-electron chi connectivity index (χ4n) is 3.84. The van der Waals surface area contributed by atoms with E-state index in [9.17, 15) is 9.90 Å². The summed E-state index contributed by atoms with van der Waals surface area (Å²) >= 11 is 0. The van der Waals surface area contributed by atoms with Gasteiger partial charge in [-0.15, -0.1) is 0 Å². The summed E-state index contributed by atoms with van der Waals surface area (Å²) in [7, 11) is 0. The molecule has 1 amide bonds. The van der Waals surface area contributed by atoms with Crippen LogP contribution in [0.5, 0.6) is 0 Å². The average molecular weight is 239 g/mol. The topological polar surface area (TPSA) is 49.8 Å². The van der Waals surface area contributed by atoms with Gasteiger partial charge in [0.1, 0.15) is 5.72 Å². The van der Waals surface area contributed by atoms with Crippen molar-refractivity contribution in [3.63, 3.8) is 0 Å². The third kappa shape index (κ3) is 1.54. The number of fused-ring (bicyclic) bond motifs is 2. The van der Waals surface area contributed by atoms with Crippen LogP contribution < -0.4 is 0 Å². The number of aliphatic hydroxyl groups excluding tert-OH is 1. The minimum atomic E-state index is -0.525. The second kappa shape index (κ2) is 3.95. The minimum absolute atomic E-state index is 0.103. The predicted molar refractivity (Wildman–Crippen MR) is 62.2 cm³/mol. The van der Waals surface area contributed by atoms with Gasteiger partial charge in [0.2, 0.25) is 5.91 Å². The Balaban J connectivity index is 1.82. The fraction of sp³-hybridized carbons (Fsp3) is 0.923. The highest BCUT2D eigenvalue weighted by Gasteiger charge is 2.60. The quantitative estimate of drug-likeness (QED) is 0.701. The van der Waals surface area contributed by atoms with Gasteiger partial charge in [-0.05, 0) is 39.0 Å². The van der Waals surface area contributed by atoms with Crippen molar-refractivity contribution < 1.29 is 14.6 Å². The SMILES string of the molecule is C[C@@H](O)[C@H]1C(=O)N2[C@H]1CCOC21CCCCC1. The van der Waals surface area contributed by atoms with Gasteiger partial charge in [0.15, 0.2) is 0 Å². The minimum Gasteiger partial charge on any atom is -0.393 e. The maximum atomic E-state index is 12.2. The maximum Gasteiger partial charge on any atom is 0.232 e. The van der Waals surface area contributed by atoms with Crippen molar-refractivity contribution in [3.8, 4) is 0 Å². The molecule has 4 nitrogen and oxygen atoms in total. The molecule has 0 aromatic rings. The molecule has 0 aromatic carbocycles. The summed E-state index contributed by atoms with van der Waals surface area (Å²) in [5.41, 5.74) is -0.316. The number of ether oxygens (including phenoxy) is 1. The van der Waals surface area contributed by atoms with Gasteiger partial charge in [0.25, 0.3) is 0 Å². The van der Waals surface area contributed by atoms with Crippen molar-refractivity contribution in [3.05, 3.63) is 0 Å². The molecule has 3 rings (SSSR count). The molecule has 1 saturated carbocycles. The summed E-state index contributed by atoms with van der Waals surface area (Å²) in [4.78, 5) is 14.1. The third-order valence-corrected chi connectivity index (χ3v) is 4.65. The molecule has 0 radical (unpaired) electrons. The number of rotatable bonds is 1. The van der Waals surface area contributed by atoms with Crippen molar-refractivity contribution in [1.82, 2.24) is 4.90 Å². The Morgan fingerprint density at radius 3 is 2.76 bits per heavy atom. The molecule has 3 aliphatic rings. The van der Waals surface area contributed by atoms with E-state index in [4.69, 9.17) is 4.74 Å². The first-order valence-corrected chi connectivity index (χ1v) is 6.81. The van der Waals surface area contributed by atoms with Crippen LogP contribution in [-0.2, 0) is 9.53 Å². The number of amides is 1. The third-order valence-electron chi connectivity index (χ3n) is 4.65. The normalized spacial score (nSPS) is 37.5. The molecule has 17 heavy (non-hydrogen) atoms. The van der Waals surface area contributed by atoms with Gasteiger partial charge in [-0.1, -0.05) is 6.42 Å². The molecule has 2 heterocycles. The van der Waals surface area contributed by atoms with E-state index in [-0.39, 0.29) is 23.6 Å². The standard InChI is InChI=1S/C13H21NO3/c1-9(15)11-10-5-8-17-13(14(10)12(11)16)6-3-2-4-7-13/h9-11,15H,2-8H2,1H3/t9-,10+,11-/m1/s1. The molecule has 2 aliphatic heterocycles. The summed E-state index contributed by atoms with van der Waals surface area (Å²) < 4.78 is 5.96. The number of aliphatic hydroxyl groups is 1. The molecular weight excluding hydrogens is 218 g/mol. The Morgan fingerprint density at radius 1 is 1.41 bits per heavy atom. The first-order chi connectivity index (χ1) is 8.16. The van der Waals surface area contributed by atoms with Crippen LogP contribution >= 0.6 is 0 Å². The van der Waals surface area contributed by atoms with Crippen LogP contribution in [0.3, 0.4) is 0 Å². The molecule has 3 atom stereocenters. The number of β-lactam (4-membered cyclic amide) rings is 1. The van der Waals surface area contributed by atoms with E-state index in [1.807, 2.05) is 4.90 Å². The molecule has 1 aliphatic carbocycles. The second-order valence-electron chi connectivity index (χ2n) is 5.69. The summed E-state index contributed by atoms with van der Waals surface area (Å²) in [6.45, 7) is 2.46. The monoisotopic (exact) mass is 239 g/mol. The first-order valence-electron chi connectivity index (χ1n) is 6.81. The van der Waals surface area contributed by atoms with Gasteiger partial charge in [-0.2, -0.15) is 0 Å². The van der Waals surface area contributed by atoms with Crippen LogP contribution in [-0.4, -0.2) is 40.4 Å². The van der Waals surface area contributed by atoms with E-state index in [1.54, 1.807) is 6.92 Å². The Labute approximate surface area is 102 Å². The Morgan fingerprint density at radius 2 is 2.12 bits per heavy atom. The second-order valence-corrected chi connectivity index (χ2v) is 5.69. The Hall–Kier alpha value is -0.610. The summed E-state index contributed by atoms with van der Waals surface area (Å²) in [5, 5.41) is 9.68. The highest BCUT2D eigenvalue weighted by molar-refractivity contribution is 5.87. The Kier molecular flexibility index (Phi) is 2.67. The number of nitrogens with zero attached hydrogens (tertiary/aromatic N) is 1. The van der Waals surface area contributed by atoms with E-state index >= 15 is 0 Å². The van der Waals surface area contributed by atoms with Gasteiger partial charge in [0, 0.05) is 0 Å². The summed E-state index contributed by atoms with van der Waals surface area (Å²) in [6.07, 6.45) is 5.85. The molecule has 0 unspecified atom stereocenters. The summed E-state index contributed by atoms with van der Waals surface area (Å²) in [5.74, 6) is -0.0794. The molecule has 96 valence electrons. The lowest BCUT2D eigenvalue weighted by Gasteiger charge is -2.61. The van der Waals surface area contributed by atoms with Crippen molar-refractivity contribution in [1.29, 1.82) is 0 Å². The van der Waals surface area contributed by atoms with Crippen LogP contribution in [0, 0.1) is 5.92 Å². The van der Waals surface area contributed by atoms with Gasteiger partial charge >= 0.3 is 0 Å². The van der Waals surface area contributed by atoms with Crippen molar-refractivity contribution >= 4 is 5.91 Å². The summed E-state index contributed by atoms with van der Waals surface area (Å²) in [6, 6.07) is 0.217. The fourth-order valence-corrected chi connectivity index (χ4v) is 3.84. The number of hydrogen-bond acceptors (Lipinski definition) is 3. The van der Waals surface area contributed by atoms with E-state index in [2.05, 4.69) is 0 Å². The van der Waals surface area contributed by atoms with Crippen molar-refractivity contribution in [2.45, 2.75) is 63.3 Å². The van der Waals surface area contributed by atoms with Gasteiger partial charge in [0.05, 0.1) is 24.7 Å². The van der Waals surface area contributed by atoms with Crippen molar-refractivity contribution in [2.24, 2.45) is 5.92 Å². The average Bonchev–Trinajstić information content (AvgIpc) is 2.28. The maximum absolute atomic E-state index is 12.2. The predicted octanol–water partition coefficient (Wildman–Crippen LogP) is 1.27. The van der Waals surface area contributed by atoms with Crippen LogP contribution in [0.15, 0.2) is 0 Å². The van der Waals surface area contributed by atoms with E-state index in [1.165, 1.54) is 6.42 Å². The van der Waals surface area contributed by atoms with Gasteiger partial charge in [-0.25, -0.2) is 0 Å². The first kappa shape index (κ1) is 11.5. The lowest BCUT2D eigenvalue weighted by Crippen LogP contribution is -2.75. The smallest absolute Gasteiger partial charge is 0.232 e. The van der Waals surface area contributed by atoms with E-state index < -0.39 is 6.10 Å². The highest BCUT2D eigenvalue weighted by atomic mass is 16.5. The van der Waals surface area contributed by atoms with Crippen LogP contribution in [0.2, 0.25) is 0 Å². The molecule has 0 bridgehead atoms. The molecule has 2 saturated heterocycles. The molecular formula is C13H21NO3. The van der Waals surface area contributed by atoms with Crippen LogP contribution in [0.25, 0.3) is 0 Å². The lowest BCUT2D eigenvalue weighted by molar-refractivity contribution is -0.261. The molecule has 1 spiro atoms. The van der Waals surface area contributed by atoms with Crippen LogP contribution in [0.4, 0.5) is 0 Å². The zero-order valence-corrected chi connectivity index (χ0v) is 10.4. The zero-order valence-electron chi connectivity index (χ0n) is 10.4. The zero-order chi connectivity index (χ0) is 12.0. The number of hydrogen-bond donors (Lipinski definition) is 1. The number of carbonyl (C=O) groups is 1. The van der Waals surface area contributed by atoms with E-state index in [0.29, 0.717) is 0 Å². The molecule has 4 heteroatoms. The number of carbonyl (C=O) groups excluding carboxylic acids is 1. The Bertz CT molecular complexity index is 317. The van der Waals surface area contributed by atoms with Gasteiger partial charge < -0.3 is 14.7 Å². The highest BCUT2D eigenvalue weighted by Crippen LogP contribution is 2.47.